The van der Waals surface area contributed by atoms with Gasteiger partial charge in [-0.1, -0.05) is 0 Å². The molecule has 2 atom stereocenters. The number of carbonyl (C=O) groups is 1. The Morgan fingerprint density at radius 2 is 2.20 bits per heavy atom. The number of aliphatic hydroxyl groups is 1. The van der Waals surface area contributed by atoms with Crippen molar-refractivity contribution in [2.24, 2.45) is 0 Å². The smallest absolute Gasteiger partial charge is 0.407 e. The molecule has 1 aromatic rings. The number of hydrogen-bond donors (Lipinski definition) is 2. The van der Waals surface area contributed by atoms with Crippen molar-refractivity contribution in [1.29, 1.82) is 0 Å². The Kier molecular flexibility index (Phi) is 6.05. The molecule has 0 aliphatic carbocycles. The van der Waals surface area contributed by atoms with Crippen LogP contribution in [0.1, 0.15) is 34.1 Å². The topological polar surface area (TPSA) is 90.8 Å². The van der Waals surface area contributed by atoms with Gasteiger partial charge in [0.25, 0.3) is 0 Å². The van der Waals surface area contributed by atoms with Gasteiger partial charge in [0.05, 0.1) is 12.1 Å². The number of β-amino-alcohol motifs (C(OH)–C–C–N with tert-alkyl or cyclic N) is 1. The number of carbonyl (C=O) groups excluding carboxylic acids is 1. The Labute approximate surface area is 149 Å². The van der Waals surface area contributed by atoms with Crippen molar-refractivity contribution < 1.29 is 14.6 Å². The predicted molar refractivity (Wildman–Crippen MR) is 97.0 cm³/mol. The Hall–Kier alpha value is -2.09. The van der Waals surface area contributed by atoms with Gasteiger partial charge in [-0.15, -0.1) is 0 Å². The lowest BCUT2D eigenvalue weighted by Crippen LogP contribution is -2.42. The van der Waals surface area contributed by atoms with Crippen LogP contribution in [0, 0.1) is 0 Å². The van der Waals surface area contributed by atoms with Crippen LogP contribution in [0.2, 0.25) is 0 Å². The third-order valence-electron chi connectivity index (χ3n) is 4.07. The zero-order chi connectivity index (χ0) is 18.6. The molecule has 1 fully saturated rings. The standard InChI is InChI=1S/C17H29N5O3/c1-6-21(5)14-8-15(20-11-19-14)22-10-13(23)7-12(22)9-18-16(24)25-17(2,3)4/h8,11-13,23H,6-7,9-10H2,1-5H3,(H,18,24)/t12-,13-/m1/s1. The number of aliphatic hydroxyl groups excluding tert-OH is 1. The molecule has 1 aromatic heterocycles. The third-order valence-corrected chi connectivity index (χ3v) is 4.07. The second-order valence-electron chi connectivity index (χ2n) is 7.33. The van der Waals surface area contributed by atoms with Gasteiger partial charge in [0.2, 0.25) is 0 Å². The van der Waals surface area contributed by atoms with E-state index in [2.05, 4.69) is 22.2 Å². The van der Waals surface area contributed by atoms with Crippen molar-refractivity contribution in [3.63, 3.8) is 0 Å². The van der Waals surface area contributed by atoms with Crippen LogP contribution in [0.4, 0.5) is 16.4 Å². The molecule has 0 radical (unpaired) electrons. The van der Waals surface area contributed by atoms with E-state index < -0.39 is 17.8 Å². The maximum Gasteiger partial charge on any atom is 0.407 e. The normalized spacial score (nSPS) is 20.5. The fourth-order valence-electron chi connectivity index (χ4n) is 2.75. The molecule has 140 valence electrons. The van der Waals surface area contributed by atoms with Crippen molar-refractivity contribution in [3.8, 4) is 0 Å². The summed E-state index contributed by atoms with van der Waals surface area (Å²) in [4.78, 5) is 24.5. The van der Waals surface area contributed by atoms with Crippen LogP contribution in [-0.4, -0.2) is 65.6 Å². The number of nitrogens with one attached hydrogen (secondary N) is 1. The van der Waals surface area contributed by atoms with E-state index in [1.54, 1.807) is 0 Å². The van der Waals surface area contributed by atoms with E-state index in [-0.39, 0.29) is 6.04 Å². The zero-order valence-electron chi connectivity index (χ0n) is 15.7. The minimum Gasteiger partial charge on any atom is -0.444 e. The van der Waals surface area contributed by atoms with Crippen LogP contribution in [-0.2, 0) is 4.74 Å². The summed E-state index contributed by atoms with van der Waals surface area (Å²) in [6.45, 7) is 9.22. The Morgan fingerprint density at radius 1 is 1.48 bits per heavy atom. The predicted octanol–water partition coefficient (Wildman–Crippen LogP) is 1.40. The van der Waals surface area contributed by atoms with Crippen LogP contribution in [0.25, 0.3) is 0 Å². The second kappa shape index (κ2) is 7.86. The third kappa shape index (κ3) is 5.45. The molecule has 1 saturated heterocycles. The second-order valence-corrected chi connectivity index (χ2v) is 7.33. The summed E-state index contributed by atoms with van der Waals surface area (Å²) in [5.41, 5.74) is -0.536. The molecule has 1 aliphatic rings. The van der Waals surface area contributed by atoms with Crippen LogP contribution in [0.15, 0.2) is 12.4 Å². The number of anilines is 2. The van der Waals surface area contributed by atoms with E-state index in [9.17, 15) is 9.90 Å². The summed E-state index contributed by atoms with van der Waals surface area (Å²) >= 11 is 0. The number of alkyl carbamates (subject to hydrolysis) is 1. The molecule has 0 unspecified atom stereocenters. The molecular weight excluding hydrogens is 322 g/mol. The molecule has 2 N–H and O–H groups in total. The van der Waals surface area contributed by atoms with E-state index >= 15 is 0 Å². The Morgan fingerprint density at radius 3 is 2.84 bits per heavy atom. The lowest BCUT2D eigenvalue weighted by Gasteiger charge is -2.27. The lowest BCUT2D eigenvalue weighted by molar-refractivity contribution is 0.0523. The summed E-state index contributed by atoms with van der Waals surface area (Å²) < 4.78 is 5.27. The first-order valence-electron chi connectivity index (χ1n) is 8.64. The van der Waals surface area contributed by atoms with Gasteiger partial charge in [0.1, 0.15) is 23.6 Å². The van der Waals surface area contributed by atoms with Gasteiger partial charge in [-0.05, 0) is 34.1 Å². The monoisotopic (exact) mass is 351 g/mol. The van der Waals surface area contributed by atoms with Gasteiger partial charge in [-0.2, -0.15) is 0 Å². The fraction of sp³-hybridized carbons (Fsp3) is 0.706. The minimum absolute atomic E-state index is 0.0443. The summed E-state index contributed by atoms with van der Waals surface area (Å²) in [6.07, 6.45) is 1.19. The van der Waals surface area contributed by atoms with Crippen molar-refractivity contribution >= 4 is 17.7 Å². The molecule has 0 aromatic carbocycles. The lowest BCUT2D eigenvalue weighted by atomic mass is 10.2. The molecule has 0 spiro atoms. The van der Waals surface area contributed by atoms with Gasteiger partial charge >= 0.3 is 6.09 Å². The van der Waals surface area contributed by atoms with E-state index in [1.807, 2.05) is 43.7 Å². The average Bonchev–Trinajstić information content (AvgIpc) is 2.91. The SMILES string of the molecule is CCN(C)c1cc(N2C[C@H](O)C[C@@H]2CNC(=O)OC(C)(C)C)ncn1. The van der Waals surface area contributed by atoms with Crippen molar-refractivity contribution in [2.75, 3.05) is 36.5 Å². The van der Waals surface area contributed by atoms with Crippen LogP contribution in [0.5, 0.6) is 0 Å². The van der Waals surface area contributed by atoms with Crippen LogP contribution < -0.4 is 15.1 Å². The Bertz CT molecular complexity index is 590. The summed E-state index contributed by atoms with van der Waals surface area (Å²) in [7, 11) is 1.96. The molecule has 8 nitrogen and oxygen atoms in total. The van der Waals surface area contributed by atoms with Gasteiger partial charge in [0.15, 0.2) is 0 Å². The van der Waals surface area contributed by atoms with E-state index in [0.717, 1.165) is 18.2 Å². The first-order valence-corrected chi connectivity index (χ1v) is 8.64. The van der Waals surface area contributed by atoms with Crippen LogP contribution in [0.3, 0.4) is 0 Å². The zero-order valence-corrected chi connectivity index (χ0v) is 15.7. The highest BCUT2D eigenvalue weighted by Crippen LogP contribution is 2.25. The van der Waals surface area contributed by atoms with Crippen molar-refractivity contribution in [3.05, 3.63) is 12.4 Å². The first kappa shape index (κ1) is 19.2. The van der Waals surface area contributed by atoms with E-state index in [1.165, 1.54) is 6.33 Å². The van der Waals surface area contributed by atoms with Gasteiger partial charge in [-0.3, -0.25) is 0 Å². The molecule has 8 heteroatoms. The number of rotatable bonds is 5. The number of hydrogen-bond acceptors (Lipinski definition) is 7. The minimum atomic E-state index is -0.536. The molecule has 0 bridgehead atoms. The van der Waals surface area contributed by atoms with Gasteiger partial charge in [-0.25, -0.2) is 14.8 Å². The first-order chi connectivity index (χ1) is 11.7. The highest BCUT2D eigenvalue weighted by atomic mass is 16.6. The molecule has 2 rings (SSSR count). The summed E-state index contributed by atoms with van der Waals surface area (Å²) in [5, 5.41) is 12.9. The van der Waals surface area contributed by atoms with Gasteiger partial charge < -0.3 is 25.0 Å². The van der Waals surface area contributed by atoms with Crippen molar-refractivity contribution in [1.82, 2.24) is 15.3 Å². The number of aromatic nitrogens is 2. The van der Waals surface area contributed by atoms with E-state index in [4.69, 9.17) is 4.74 Å². The maximum atomic E-state index is 11.9. The molecule has 1 amide bonds. The van der Waals surface area contributed by atoms with E-state index in [0.29, 0.717) is 19.5 Å². The summed E-state index contributed by atoms with van der Waals surface area (Å²) in [5.74, 6) is 1.57. The highest BCUT2D eigenvalue weighted by molar-refractivity contribution is 5.67. The molecule has 25 heavy (non-hydrogen) atoms. The highest BCUT2D eigenvalue weighted by Gasteiger charge is 2.32. The number of nitrogens with zero attached hydrogens (tertiary/aromatic N) is 4. The molecule has 2 heterocycles. The van der Waals surface area contributed by atoms with Gasteiger partial charge in [0, 0.05) is 32.7 Å². The molecule has 0 saturated carbocycles. The summed E-state index contributed by atoms with van der Waals surface area (Å²) in [6, 6.07) is 1.86. The number of amides is 1. The van der Waals surface area contributed by atoms with Crippen LogP contribution >= 0.6 is 0 Å². The quantitative estimate of drug-likeness (QED) is 0.828. The molecule has 1 aliphatic heterocycles. The Balaban J connectivity index is 2.05. The maximum absolute atomic E-state index is 11.9. The fourth-order valence-corrected chi connectivity index (χ4v) is 2.75. The molecular formula is C17H29N5O3. The largest absolute Gasteiger partial charge is 0.444 e. The number of ether oxygens (including phenoxy) is 1. The average molecular weight is 351 g/mol. The van der Waals surface area contributed by atoms with Crippen molar-refractivity contribution in [2.45, 2.75) is 51.9 Å².